The number of furan rings is 1. The molecule has 1 aromatic carbocycles. The quantitative estimate of drug-likeness (QED) is 0.797. The number of aryl methyl sites for hydroxylation is 2. The molecule has 2 fully saturated rings. The molecule has 2 aliphatic heterocycles. The second kappa shape index (κ2) is 7.82. The topological polar surface area (TPSA) is 57.0 Å². The normalized spacial score (nSPS) is 19.9. The van der Waals surface area contributed by atoms with E-state index in [1.807, 2.05) is 9.80 Å². The molecule has 2 aromatic rings. The van der Waals surface area contributed by atoms with Crippen molar-refractivity contribution in [2.75, 3.05) is 45.8 Å². The summed E-state index contributed by atoms with van der Waals surface area (Å²) in [5.74, 6) is 0.387. The molecule has 0 radical (unpaired) electrons. The molecule has 0 spiro atoms. The Hall–Kier alpha value is -2.34. The van der Waals surface area contributed by atoms with E-state index in [1.165, 1.54) is 17.5 Å². The third-order valence-electron chi connectivity index (χ3n) is 6.75. The van der Waals surface area contributed by atoms with E-state index in [1.54, 1.807) is 6.26 Å². The average molecular weight is 396 g/mol. The predicted octanol–water partition coefficient (Wildman–Crippen LogP) is 2.23. The fraction of sp³-hybridized carbons (Fsp3) is 0.565. The zero-order valence-electron chi connectivity index (χ0n) is 17.0. The monoisotopic (exact) mass is 395 g/mol. The van der Waals surface area contributed by atoms with Gasteiger partial charge in [0, 0.05) is 50.2 Å². The van der Waals surface area contributed by atoms with Gasteiger partial charge in [0.15, 0.2) is 0 Å². The van der Waals surface area contributed by atoms with Crippen molar-refractivity contribution in [1.29, 1.82) is 0 Å². The lowest BCUT2D eigenvalue weighted by Gasteiger charge is -2.35. The number of carbonyl (C=O) groups excluding carboxylic acids is 2. The SMILES string of the molecule is O=C(Cc1coc2cc3c(cc12)CCC3)N1CCN(CC(=O)N2CCCC2)CC1. The van der Waals surface area contributed by atoms with Crippen molar-refractivity contribution >= 4 is 22.8 Å². The van der Waals surface area contributed by atoms with Gasteiger partial charge < -0.3 is 14.2 Å². The third-order valence-corrected chi connectivity index (χ3v) is 6.75. The Morgan fingerprint density at radius 3 is 2.28 bits per heavy atom. The second-order valence-electron chi connectivity index (χ2n) is 8.65. The highest BCUT2D eigenvalue weighted by molar-refractivity contribution is 5.88. The van der Waals surface area contributed by atoms with Crippen LogP contribution in [0.5, 0.6) is 0 Å². The van der Waals surface area contributed by atoms with Crippen LogP contribution in [-0.2, 0) is 28.9 Å². The van der Waals surface area contributed by atoms with Crippen molar-refractivity contribution in [2.24, 2.45) is 0 Å². The van der Waals surface area contributed by atoms with Crippen LogP contribution in [0.3, 0.4) is 0 Å². The Kier molecular flexibility index (Phi) is 5.04. The maximum Gasteiger partial charge on any atom is 0.236 e. The van der Waals surface area contributed by atoms with Crippen molar-refractivity contribution in [3.8, 4) is 0 Å². The van der Waals surface area contributed by atoms with E-state index in [0.29, 0.717) is 26.1 Å². The number of amides is 2. The fourth-order valence-corrected chi connectivity index (χ4v) is 4.97. The first-order valence-electron chi connectivity index (χ1n) is 11.0. The lowest BCUT2D eigenvalue weighted by Crippen LogP contribution is -2.51. The van der Waals surface area contributed by atoms with Gasteiger partial charge in [-0.15, -0.1) is 0 Å². The molecule has 5 rings (SSSR count). The van der Waals surface area contributed by atoms with Crippen molar-refractivity contribution in [3.05, 3.63) is 35.1 Å². The minimum Gasteiger partial charge on any atom is -0.464 e. The molecule has 1 aliphatic carbocycles. The number of carbonyl (C=O) groups is 2. The fourth-order valence-electron chi connectivity index (χ4n) is 4.97. The van der Waals surface area contributed by atoms with Crippen molar-refractivity contribution in [3.63, 3.8) is 0 Å². The molecule has 1 aromatic heterocycles. The van der Waals surface area contributed by atoms with Gasteiger partial charge in [-0.05, 0) is 55.4 Å². The molecular weight excluding hydrogens is 366 g/mol. The zero-order chi connectivity index (χ0) is 19.8. The van der Waals surface area contributed by atoms with E-state index < -0.39 is 0 Å². The van der Waals surface area contributed by atoms with Crippen LogP contribution >= 0.6 is 0 Å². The highest BCUT2D eigenvalue weighted by Crippen LogP contribution is 2.30. The molecule has 0 saturated carbocycles. The van der Waals surface area contributed by atoms with Gasteiger partial charge in [0.1, 0.15) is 5.58 Å². The largest absolute Gasteiger partial charge is 0.464 e. The number of hydrogen-bond acceptors (Lipinski definition) is 4. The molecule has 0 unspecified atom stereocenters. The van der Waals surface area contributed by atoms with Gasteiger partial charge in [0.25, 0.3) is 0 Å². The second-order valence-corrected chi connectivity index (χ2v) is 8.65. The maximum absolute atomic E-state index is 12.9. The predicted molar refractivity (Wildman–Crippen MR) is 111 cm³/mol. The molecule has 2 amide bonds. The van der Waals surface area contributed by atoms with E-state index in [2.05, 4.69) is 17.0 Å². The van der Waals surface area contributed by atoms with Crippen LogP contribution in [0.2, 0.25) is 0 Å². The van der Waals surface area contributed by atoms with E-state index in [4.69, 9.17) is 4.42 Å². The molecule has 29 heavy (non-hydrogen) atoms. The number of nitrogens with zero attached hydrogens (tertiary/aromatic N) is 3. The Morgan fingerprint density at radius 2 is 1.52 bits per heavy atom. The summed E-state index contributed by atoms with van der Waals surface area (Å²) in [5, 5.41) is 1.09. The molecule has 154 valence electrons. The van der Waals surface area contributed by atoms with Crippen LogP contribution < -0.4 is 0 Å². The van der Waals surface area contributed by atoms with E-state index in [0.717, 1.165) is 68.4 Å². The summed E-state index contributed by atoms with van der Waals surface area (Å²) in [4.78, 5) is 31.3. The number of likely N-dealkylation sites (tertiary alicyclic amines) is 1. The highest BCUT2D eigenvalue weighted by atomic mass is 16.3. The standard InChI is InChI=1S/C23H29N3O3/c27-22(14-19-16-29-21-13-18-5-3-4-17(18)12-20(19)21)26-10-8-24(9-11-26)15-23(28)25-6-1-2-7-25/h12-13,16H,1-11,14-15H2. The highest BCUT2D eigenvalue weighted by Gasteiger charge is 2.26. The number of fused-ring (bicyclic) bond motifs is 2. The Morgan fingerprint density at radius 1 is 0.828 bits per heavy atom. The van der Waals surface area contributed by atoms with Gasteiger partial charge in [0.05, 0.1) is 19.2 Å². The van der Waals surface area contributed by atoms with Gasteiger partial charge in [0.2, 0.25) is 11.8 Å². The van der Waals surface area contributed by atoms with Crippen molar-refractivity contribution < 1.29 is 14.0 Å². The minimum atomic E-state index is 0.152. The van der Waals surface area contributed by atoms with Crippen molar-refractivity contribution in [2.45, 2.75) is 38.5 Å². The van der Waals surface area contributed by atoms with Gasteiger partial charge in [-0.1, -0.05) is 0 Å². The van der Waals surface area contributed by atoms with Gasteiger partial charge in [-0.25, -0.2) is 0 Å². The Balaban J connectivity index is 1.17. The summed E-state index contributed by atoms with van der Waals surface area (Å²) in [7, 11) is 0. The summed E-state index contributed by atoms with van der Waals surface area (Å²) in [6.07, 6.45) is 7.85. The van der Waals surface area contributed by atoms with Gasteiger partial charge in [-0.2, -0.15) is 0 Å². The lowest BCUT2D eigenvalue weighted by atomic mass is 10.0. The van der Waals surface area contributed by atoms with E-state index >= 15 is 0 Å². The van der Waals surface area contributed by atoms with Crippen molar-refractivity contribution in [1.82, 2.24) is 14.7 Å². The molecule has 3 heterocycles. The first-order valence-corrected chi connectivity index (χ1v) is 11.0. The van der Waals surface area contributed by atoms with E-state index in [9.17, 15) is 9.59 Å². The number of benzene rings is 1. The summed E-state index contributed by atoms with van der Waals surface area (Å²) in [6.45, 7) is 5.21. The molecule has 0 N–H and O–H groups in total. The number of piperazine rings is 1. The Bertz CT molecular complexity index is 921. The average Bonchev–Trinajstić information content (AvgIpc) is 3.48. The summed E-state index contributed by atoms with van der Waals surface area (Å²) < 4.78 is 5.75. The van der Waals surface area contributed by atoms with E-state index in [-0.39, 0.29) is 11.8 Å². The molecule has 2 saturated heterocycles. The maximum atomic E-state index is 12.9. The van der Waals surface area contributed by atoms with Crippen LogP contribution in [0.1, 0.15) is 36.0 Å². The minimum absolute atomic E-state index is 0.152. The summed E-state index contributed by atoms with van der Waals surface area (Å²) in [6, 6.07) is 4.38. The first kappa shape index (κ1) is 18.7. The van der Waals surface area contributed by atoms with Crippen LogP contribution in [-0.4, -0.2) is 72.3 Å². The summed E-state index contributed by atoms with van der Waals surface area (Å²) >= 11 is 0. The number of hydrogen-bond donors (Lipinski definition) is 0. The molecule has 3 aliphatic rings. The molecule has 0 atom stereocenters. The molecular formula is C23H29N3O3. The van der Waals surface area contributed by atoms with Gasteiger partial charge in [-0.3, -0.25) is 14.5 Å². The Labute approximate surface area is 171 Å². The number of rotatable bonds is 4. The smallest absolute Gasteiger partial charge is 0.236 e. The zero-order valence-corrected chi connectivity index (χ0v) is 17.0. The molecule has 6 nitrogen and oxygen atoms in total. The van der Waals surface area contributed by atoms with Crippen LogP contribution in [0, 0.1) is 0 Å². The molecule has 0 bridgehead atoms. The van der Waals surface area contributed by atoms with Crippen LogP contribution in [0.15, 0.2) is 22.8 Å². The summed E-state index contributed by atoms with van der Waals surface area (Å²) in [5.41, 5.74) is 4.69. The van der Waals surface area contributed by atoms with Crippen LogP contribution in [0.4, 0.5) is 0 Å². The molecule has 6 heteroatoms. The first-order chi connectivity index (χ1) is 14.2. The van der Waals surface area contributed by atoms with Crippen LogP contribution in [0.25, 0.3) is 11.0 Å². The lowest BCUT2D eigenvalue weighted by molar-refractivity contribution is -0.134. The third kappa shape index (κ3) is 3.78. The van der Waals surface area contributed by atoms with Gasteiger partial charge >= 0.3 is 0 Å².